The van der Waals surface area contributed by atoms with Crippen LogP contribution in [0.4, 0.5) is 0 Å². The first kappa shape index (κ1) is 15.0. The van der Waals surface area contributed by atoms with E-state index < -0.39 is 0 Å². The number of aromatic amines is 1. The summed E-state index contributed by atoms with van der Waals surface area (Å²) in [7, 11) is 0. The molecule has 0 aromatic carbocycles. The molecule has 7 heteroatoms. The van der Waals surface area contributed by atoms with Gasteiger partial charge in [0.2, 0.25) is 0 Å². The van der Waals surface area contributed by atoms with Crippen LogP contribution in [0.25, 0.3) is 11.0 Å². The third kappa shape index (κ3) is 2.73. The Bertz CT molecular complexity index is 826. The van der Waals surface area contributed by atoms with Crippen molar-refractivity contribution < 1.29 is 5.11 Å². The predicted octanol–water partition coefficient (Wildman–Crippen LogP) is 1.60. The third-order valence-electron chi connectivity index (χ3n) is 5.80. The molecule has 3 aromatic rings. The number of H-pyrrole nitrogens is 1. The highest BCUT2D eigenvalue weighted by molar-refractivity contribution is 5.76. The minimum Gasteiger partial charge on any atom is -0.391 e. The van der Waals surface area contributed by atoms with Gasteiger partial charge in [-0.05, 0) is 42.9 Å². The Labute approximate surface area is 145 Å². The molecule has 0 spiro atoms. The van der Waals surface area contributed by atoms with Crippen molar-refractivity contribution in [1.29, 1.82) is 0 Å². The van der Waals surface area contributed by atoms with Crippen molar-refractivity contribution in [3.63, 3.8) is 0 Å². The van der Waals surface area contributed by atoms with Crippen molar-refractivity contribution in [3.05, 3.63) is 42.7 Å². The number of fused-ring (bicyclic) bond motifs is 2. The Morgan fingerprint density at radius 3 is 2.92 bits per heavy atom. The van der Waals surface area contributed by atoms with E-state index in [0.717, 1.165) is 43.5 Å². The van der Waals surface area contributed by atoms with Gasteiger partial charge in [0, 0.05) is 36.9 Å². The first-order valence-electron chi connectivity index (χ1n) is 8.93. The number of aromatic nitrogens is 5. The molecule has 0 bridgehead atoms. The van der Waals surface area contributed by atoms with Crippen LogP contribution in [0.5, 0.6) is 0 Å². The highest BCUT2D eigenvalue weighted by atomic mass is 16.3. The number of nitrogens with zero attached hydrogens (tertiary/aromatic N) is 5. The van der Waals surface area contributed by atoms with E-state index in [1.54, 1.807) is 12.7 Å². The van der Waals surface area contributed by atoms with Crippen LogP contribution in [0.3, 0.4) is 0 Å². The van der Waals surface area contributed by atoms with Crippen LogP contribution in [0.15, 0.2) is 37.1 Å². The lowest BCUT2D eigenvalue weighted by Crippen LogP contribution is -2.36. The number of hydrogen-bond acceptors (Lipinski definition) is 5. The van der Waals surface area contributed by atoms with E-state index in [0.29, 0.717) is 11.8 Å². The minimum absolute atomic E-state index is 0.0565. The molecule has 25 heavy (non-hydrogen) atoms. The molecular formula is C18H22N6O. The summed E-state index contributed by atoms with van der Waals surface area (Å²) in [5, 5.41) is 15.9. The summed E-state index contributed by atoms with van der Waals surface area (Å²) < 4.78 is 1.83. The maximum absolute atomic E-state index is 10.5. The van der Waals surface area contributed by atoms with Gasteiger partial charge in [0.05, 0.1) is 12.1 Å². The zero-order chi connectivity index (χ0) is 16.8. The standard InChI is InChI=1S/C18H22N6O/c25-17-6-14-8-23(7-13(14)5-16(17)24-11-19-10-21-24)9-15-4-12-2-1-3-20-18(12)22-15/h1-4,10-11,13-14,16-17,25H,5-9H2,(H,20,22)/t13-,14+,16-,17-/m1/s1. The Balaban J connectivity index is 1.29. The van der Waals surface area contributed by atoms with Gasteiger partial charge in [0.25, 0.3) is 0 Å². The van der Waals surface area contributed by atoms with E-state index in [2.05, 4.69) is 37.1 Å². The molecule has 1 saturated carbocycles. The number of nitrogens with one attached hydrogen (secondary N) is 1. The summed E-state index contributed by atoms with van der Waals surface area (Å²) in [6.45, 7) is 3.04. The first-order chi connectivity index (χ1) is 12.3. The minimum atomic E-state index is -0.333. The largest absolute Gasteiger partial charge is 0.391 e. The fourth-order valence-corrected chi connectivity index (χ4v) is 4.65. The lowest BCUT2D eigenvalue weighted by Gasteiger charge is -2.35. The predicted molar refractivity (Wildman–Crippen MR) is 92.7 cm³/mol. The van der Waals surface area contributed by atoms with Crippen molar-refractivity contribution in [2.24, 2.45) is 11.8 Å². The van der Waals surface area contributed by atoms with Crippen molar-refractivity contribution in [2.45, 2.75) is 31.5 Å². The van der Waals surface area contributed by atoms with Crippen LogP contribution < -0.4 is 0 Å². The summed E-state index contributed by atoms with van der Waals surface area (Å²) in [6, 6.07) is 6.31. The van der Waals surface area contributed by atoms with Gasteiger partial charge in [-0.15, -0.1) is 0 Å². The molecule has 0 radical (unpaired) electrons. The van der Waals surface area contributed by atoms with Crippen LogP contribution in [-0.2, 0) is 6.54 Å². The van der Waals surface area contributed by atoms with Crippen LogP contribution in [0, 0.1) is 11.8 Å². The van der Waals surface area contributed by atoms with Crippen LogP contribution in [-0.4, -0.2) is 53.9 Å². The maximum atomic E-state index is 10.5. The average molecular weight is 338 g/mol. The highest BCUT2D eigenvalue weighted by Crippen LogP contribution is 2.41. The maximum Gasteiger partial charge on any atom is 0.137 e. The number of likely N-dealkylation sites (tertiary alicyclic amines) is 1. The fraction of sp³-hybridized carbons (Fsp3) is 0.500. The normalized spacial score (nSPS) is 30.0. The summed E-state index contributed by atoms with van der Waals surface area (Å²) >= 11 is 0. The molecule has 7 nitrogen and oxygen atoms in total. The van der Waals surface area contributed by atoms with Gasteiger partial charge in [-0.2, -0.15) is 5.10 Å². The number of aliphatic hydroxyl groups excluding tert-OH is 1. The number of aliphatic hydroxyl groups is 1. The van der Waals surface area contributed by atoms with E-state index in [9.17, 15) is 5.11 Å². The van der Waals surface area contributed by atoms with Crippen LogP contribution >= 0.6 is 0 Å². The molecule has 0 amide bonds. The quantitative estimate of drug-likeness (QED) is 0.758. The topological polar surface area (TPSA) is 82.9 Å². The van der Waals surface area contributed by atoms with E-state index >= 15 is 0 Å². The number of pyridine rings is 1. The summed E-state index contributed by atoms with van der Waals surface area (Å²) in [6.07, 6.45) is 6.57. The molecule has 130 valence electrons. The second-order valence-corrected chi connectivity index (χ2v) is 7.43. The number of rotatable bonds is 3. The number of hydrogen-bond donors (Lipinski definition) is 2. The van der Waals surface area contributed by atoms with Crippen molar-refractivity contribution in [1.82, 2.24) is 29.6 Å². The molecule has 4 heterocycles. The summed E-state index contributed by atoms with van der Waals surface area (Å²) in [4.78, 5) is 14.3. The van der Waals surface area contributed by atoms with Gasteiger partial charge in [-0.3, -0.25) is 4.90 Å². The second-order valence-electron chi connectivity index (χ2n) is 7.43. The lowest BCUT2D eigenvalue weighted by atomic mass is 9.77. The zero-order valence-corrected chi connectivity index (χ0v) is 14.0. The molecule has 5 rings (SSSR count). The molecule has 2 aliphatic rings. The Hall–Kier alpha value is -2.25. The smallest absolute Gasteiger partial charge is 0.137 e. The molecular weight excluding hydrogens is 316 g/mol. The van der Waals surface area contributed by atoms with E-state index in [4.69, 9.17) is 0 Å². The Morgan fingerprint density at radius 1 is 1.24 bits per heavy atom. The molecule has 0 unspecified atom stereocenters. The van der Waals surface area contributed by atoms with Crippen LogP contribution in [0.2, 0.25) is 0 Å². The third-order valence-corrected chi connectivity index (χ3v) is 5.80. The van der Waals surface area contributed by atoms with Gasteiger partial charge < -0.3 is 10.1 Å². The Morgan fingerprint density at radius 2 is 2.12 bits per heavy atom. The molecule has 1 aliphatic heterocycles. The second kappa shape index (κ2) is 5.93. The zero-order valence-electron chi connectivity index (χ0n) is 14.0. The van der Waals surface area contributed by atoms with Crippen molar-refractivity contribution in [3.8, 4) is 0 Å². The van der Waals surface area contributed by atoms with Gasteiger partial charge >= 0.3 is 0 Å². The molecule has 3 aromatic heterocycles. The highest BCUT2D eigenvalue weighted by Gasteiger charge is 2.42. The lowest BCUT2D eigenvalue weighted by molar-refractivity contribution is 0.0304. The average Bonchev–Trinajstić information content (AvgIpc) is 3.32. The van der Waals surface area contributed by atoms with Gasteiger partial charge in [0.15, 0.2) is 0 Å². The molecule has 2 N–H and O–H groups in total. The fourth-order valence-electron chi connectivity index (χ4n) is 4.65. The van der Waals surface area contributed by atoms with Gasteiger partial charge in [0.1, 0.15) is 18.3 Å². The SMILES string of the molecule is O[C@@H]1C[C@H]2CN(Cc3cc4cccnc4[nH]3)C[C@H]2C[C@H]1n1cncn1. The Kier molecular flexibility index (Phi) is 3.57. The van der Waals surface area contributed by atoms with E-state index in [1.165, 1.54) is 5.69 Å². The van der Waals surface area contributed by atoms with Crippen LogP contribution in [0.1, 0.15) is 24.6 Å². The molecule has 1 saturated heterocycles. The van der Waals surface area contributed by atoms with E-state index in [1.807, 2.05) is 16.9 Å². The van der Waals surface area contributed by atoms with Gasteiger partial charge in [-0.25, -0.2) is 14.6 Å². The van der Waals surface area contributed by atoms with Gasteiger partial charge in [-0.1, -0.05) is 0 Å². The van der Waals surface area contributed by atoms with E-state index in [-0.39, 0.29) is 12.1 Å². The van der Waals surface area contributed by atoms with Crippen molar-refractivity contribution >= 4 is 11.0 Å². The molecule has 2 fully saturated rings. The van der Waals surface area contributed by atoms with Crippen molar-refractivity contribution in [2.75, 3.05) is 13.1 Å². The monoisotopic (exact) mass is 338 g/mol. The first-order valence-corrected chi connectivity index (χ1v) is 8.93. The summed E-state index contributed by atoms with van der Waals surface area (Å²) in [5.41, 5.74) is 2.16. The molecule has 1 aliphatic carbocycles. The molecule has 4 atom stereocenters. The summed E-state index contributed by atoms with van der Waals surface area (Å²) in [5.74, 6) is 1.18.